The van der Waals surface area contributed by atoms with Crippen LogP contribution in [0.3, 0.4) is 0 Å². The molecule has 0 heterocycles. The molecule has 0 saturated heterocycles. The van der Waals surface area contributed by atoms with E-state index in [1.165, 1.54) is 19.3 Å². The Balaban J connectivity index is 0.000001000. The summed E-state index contributed by atoms with van der Waals surface area (Å²) in [5, 5.41) is 0.541. The van der Waals surface area contributed by atoms with E-state index < -0.39 is 0 Å². The molecule has 1 aliphatic rings. The summed E-state index contributed by atoms with van der Waals surface area (Å²) in [4.78, 5) is 0. The van der Waals surface area contributed by atoms with Gasteiger partial charge in [-0.15, -0.1) is 0 Å². The third kappa shape index (κ3) is 4.68. The van der Waals surface area contributed by atoms with E-state index in [4.69, 9.17) is 12.6 Å². The van der Waals surface area contributed by atoms with E-state index in [0.29, 0.717) is 10.7 Å². The Morgan fingerprint density at radius 1 is 1.27 bits per heavy atom. The third-order valence-electron chi connectivity index (χ3n) is 2.35. The van der Waals surface area contributed by atoms with Gasteiger partial charge in [0.1, 0.15) is 0 Å². The Morgan fingerprint density at radius 2 is 1.82 bits per heavy atom. The van der Waals surface area contributed by atoms with Crippen LogP contribution in [0.15, 0.2) is 0 Å². The molecule has 1 aliphatic carbocycles. The molecule has 0 amide bonds. The zero-order valence-electron chi connectivity index (χ0n) is 8.18. The number of rotatable bonds is 0. The molecule has 0 aromatic carbocycles. The van der Waals surface area contributed by atoms with Crippen LogP contribution in [0.4, 0.5) is 0 Å². The maximum Gasteiger partial charge on any atom is 1.00 e. The number of hydrogen-bond acceptors (Lipinski definition) is 1. The fraction of sp³-hybridized carbons (Fsp3) is 1.00. The summed E-state index contributed by atoms with van der Waals surface area (Å²) in [6, 6.07) is 0. The Labute approximate surface area is 119 Å². The second kappa shape index (κ2) is 5.01. The Morgan fingerprint density at radius 3 is 2.18 bits per heavy atom. The second-order valence-corrected chi connectivity index (χ2v) is 5.20. The average molecular weight is 196 g/mol. The third-order valence-corrected chi connectivity index (χ3v) is 2.71. The van der Waals surface area contributed by atoms with Crippen molar-refractivity contribution in [3.8, 4) is 0 Å². The van der Waals surface area contributed by atoms with Gasteiger partial charge in [-0.25, -0.2) is 0 Å². The minimum absolute atomic E-state index is 0. The minimum atomic E-state index is 0. The molecule has 0 aromatic rings. The van der Waals surface area contributed by atoms with Crippen LogP contribution in [0, 0.1) is 11.3 Å². The summed E-state index contributed by atoms with van der Waals surface area (Å²) in [7, 11) is 0. The van der Waals surface area contributed by atoms with Gasteiger partial charge >= 0.3 is 51.4 Å². The van der Waals surface area contributed by atoms with Crippen molar-refractivity contribution in [1.82, 2.24) is 0 Å². The topological polar surface area (TPSA) is 0 Å². The Kier molecular flexibility index (Phi) is 5.92. The summed E-state index contributed by atoms with van der Waals surface area (Å²) in [5.74, 6) is 0.853. The zero-order chi connectivity index (χ0) is 7.78. The zero-order valence-corrected chi connectivity index (χ0v) is 12.1. The smallest absolute Gasteiger partial charge is 0.789 e. The van der Waals surface area contributed by atoms with Crippen LogP contribution in [0.2, 0.25) is 0 Å². The minimum Gasteiger partial charge on any atom is -0.789 e. The molecule has 0 spiro atoms. The molecule has 1 saturated carbocycles. The van der Waals surface area contributed by atoms with E-state index in [1.807, 2.05) is 0 Å². The Bertz CT molecular complexity index is 111. The molecular weight excluding hydrogens is 179 g/mol. The largest absolute Gasteiger partial charge is 1.00 e. The van der Waals surface area contributed by atoms with Gasteiger partial charge in [-0.3, -0.25) is 0 Å². The molecule has 2 unspecified atom stereocenters. The normalized spacial score (nSPS) is 36.0. The van der Waals surface area contributed by atoms with Crippen LogP contribution in [-0.2, 0) is 12.6 Å². The van der Waals surface area contributed by atoms with Gasteiger partial charge in [-0.1, -0.05) is 33.6 Å². The van der Waals surface area contributed by atoms with E-state index in [9.17, 15) is 0 Å². The van der Waals surface area contributed by atoms with Gasteiger partial charge < -0.3 is 12.6 Å². The van der Waals surface area contributed by atoms with Crippen LogP contribution in [0.5, 0.6) is 0 Å². The van der Waals surface area contributed by atoms with Crippen molar-refractivity contribution in [1.29, 1.82) is 0 Å². The molecule has 0 bridgehead atoms. The monoisotopic (exact) mass is 196 g/mol. The van der Waals surface area contributed by atoms with Gasteiger partial charge in [0.2, 0.25) is 0 Å². The first-order chi connectivity index (χ1) is 4.49. The first-order valence-electron chi connectivity index (χ1n) is 4.15. The van der Waals surface area contributed by atoms with Crippen LogP contribution in [0.25, 0.3) is 0 Å². The molecule has 0 N–H and O–H groups in total. The maximum atomic E-state index is 5.32. The van der Waals surface area contributed by atoms with Crippen LogP contribution >= 0.6 is 0 Å². The molecule has 0 radical (unpaired) electrons. The van der Waals surface area contributed by atoms with Gasteiger partial charge in [0.15, 0.2) is 0 Å². The Hall–Kier alpha value is 1.99. The molecule has 0 aliphatic heterocycles. The molecule has 11 heavy (non-hydrogen) atoms. The number of hydrogen-bond donors (Lipinski definition) is 0. The predicted octanol–water partition coefficient (Wildman–Crippen LogP) is -0.248. The molecule has 2 heteroatoms. The van der Waals surface area contributed by atoms with Gasteiger partial charge in [-0.2, -0.15) is 5.25 Å². The summed E-state index contributed by atoms with van der Waals surface area (Å²) >= 11 is 5.32. The molecule has 60 valence electrons. The van der Waals surface area contributed by atoms with Crippen molar-refractivity contribution in [3.05, 3.63) is 0 Å². The SMILES string of the molecule is CC1CC([S-])CC(C)(C)C1.[K+]. The van der Waals surface area contributed by atoms with Crippen molar-refractivity contribution >= 4 is 12.6 Å². The van der Waals surface area contributed by atoms with Crippen molar-refractivity contribution < 1.29 is 51.4 Å². The average Bonchev–Trinajstić information content (AvgIpc) is 1.54. The molecular formula is C9H17KS. The molecule has 1 rings (SSSR count). The predicted molar refractivity (Wildman–Crippen MR) is 47.9 cm³/mol. The molecule has 1 fully saturated rings. The standard InChI is InChI=1S/C9H18S.K/c1-7-4-8(10)6-9(2,3)5-7;/h7-8,10H,4-6H2,1-3H3;/q;+1/p-1. The van der Waals surface area contributed by atoms with E-state index >= 15 is 0 Å². The van der Waals surface area contributed by atoms with Gasteiger partial charge in [0.25, 0.3) is 0 Å². The van der Waals surface area contributed by atoms with Crippen molar-refractivity contribution in [2.75, 3.05) is 0 Å². The van der Waals surface area contributed by atoms with E-state index in [1.54, 1.807) is 0 Å². The van der Waals surface area contributed by atoms with Crippen molar-refractivity contribution in [3.63, 3.8) is 0 Å². The first-order valence-corrected chi connectivity index (χ1v) is 4.62. The first kappa shape index (κ1) is 13.0. The quantitative estimate of drug-likeness (QED) is 0.380. The van der Waals surface area contributed by atoms with Crippen molar-refractivity contribution in [2.24, 2.45) is 11.3 Å². The fourth-order valence-electron chi connectivity index (χ4n) is 2.26. The molecule has 0 nitrogen and oxygen atoms in total. The van der Waals surface area contributed by atoms with Crippen molar-refractivity contribution in [2.45, 2.75) is 45.3 Å². The van der Waals surface area contributed by atoms with E-state index in [0.717, 1.165) is 5.92 Å². The molecule has 0 aromatic heterocycles. The summed E-state index contributed by atoms with van der Waals surface area (Å²) in [6.07, 6.45) is 3.87. The van der Waals surface area contributed by atoms with Crippen LogP contribution < -0.4 is 51.4 Å². The second-order valence-electron chi connectivity index (χ2n) is 4.54. The maximum absolute atomic E-state index is 5.32. The van der Waals surface area contributed by atoms with Gasteiger partial charge in [0, 0.05) is 0 Å². The van der Waals surface area contributed by atoms with Gasteiger partial charge in [-0.05, 0) is 17.8 Å². The van der Waals surface area contributed by atoms with Crippen LogP contribution in [0.1, 0.15) is 40.0 Å². The van der Waals surface area contributed by atoms with Gasteiger partial charge in [0.05, 0.1) is 0 Å². The fourth-order valence-corrected chi connectivity index (χ4v) is 3.04. The van der Waals surface area contributed by atoms with E-state index in [2.05, 4.69) is 20.8 Å². The summed E-state index contributed by atoms with van der Waals surface area (Å²) < 4.78 is 0. The van der Waals surface area contributed by atoms with E-state index in [-0.39, 0.29) is 51.4 Å². The molecule has 2 atom stereocenters. The summed E-state index contributed by atoms with van der Waals surface area (Å²) in [6.45, 7) is 6.99. The summed E-state index contributed by atoms with van der Waals surface area (Å²) in [5.41, 5.74) is 0.518. The van der Waals surface area contributed by atoms with Crippen LogP contribution in [-0.4, -0.2) is 5.25 Å².